The average molecular weight is 303 g/mol. The molecule has 0 saturated heterocycles. The Bertz CT molecular complexity index is 507. The molecule has 0 aliphatic carbocycles. The van der Waals surface area contributed by atoms with Gasteiger partial charge in [0.2, 0.25) is 0 Å². The molecule has 0 unspecified atom stereocenters. The van der Waals surface area contributed by atoms with Crippen molar-refractivity contribution in [1.29, 1.82) is 0 Å². The fraction of sp³-hybridized carbons (Fsp3) is 0. The second-order valence-electron chi connectivity index (χ2n) is 3.02. The Morgan fingerprint density at radius 2 is 1.05 bits per heavy atom. The number of rotatable bonds is 6. The van der Waals surface area contributed by atoms with E-state index >= 15 is 0 Å². The normalized spacial score (nSPS) is 9.60. The quantitative estimate of drug-likeness (QED) is 0.410. The van der Waals surface area contributed by atoms with E-state index in [1.165, 1.54) is 37.2 Å². The number of hydrogen-bond donors (Lipinski definition) is 0. The molecule has 0 N–H and O–H groups in total. The van der Waals surface area contributed by atoms with Crippen LogP contribution in [0.3, 0.4) is 0 Å². The van der Waals surface area contributed by atoms with Crippen LogP contribution in [0.1, 0.15) is 1.43 Å². The summed E-state index contributed by atoms with van der Waals surface area (Å²) < 4.78 is 15.7. The van der Waals surface area contributed by atoms with Crippen LogP contribution in [0.5, 0.6) is 0 Å². The molecule has 0 aromatic carbocycles. The zero-order valence-electron chi connectivity index (χ0n) is 11.3. The molecule has 0 spiro atoms. The molecule has 14 heteroatoms. The van der Waals surface area contributed by atoms with Crippen LogP contribution < -0.4 is 65.6 Å². The van der Waals surface area contributed by atoms with Gasteiger partial charge in [-0.2, -0.15) is 0 Å². The number of aromatic nitrogens is 9. The van der Waals surface area contributed by atoms with Gasteiger partial charge in [0.25, 0.3) is 0 Å². The van der Waals surface area contributed by atoms with Gasteiger partial charge in [0, 0.05) is 0 Å². The fourth-order valence-corrected chi connectivity index (χ4v) is 1.08. The van der Waals surface area contributed by atoms with Crippen LogP contribution in [0.4, 0.5) is 0 Å². The molecule has 0 aliphatic rings. The van der Waals surface area contributed by atoms with Crippen LogP contribution >= 0.6 is 0 Å². The largest absolute Gasteiger partial charge is 1.00 e. The summed E-state index contributed by atoms with van der Waals surface area (Å²) in [7, 11) is -1.23. The first kappa shape index (κ1) is 14.9. The van der Waals surface area contributed by atoms with Crippen LogP contribution in [0.15, 0.2) is 37.2 Å². The van der Waals surface area contributed by atoms with E-state index < -0.39 is 7.32 Å². The molecule has 20 heavy (non-hydrogen) atoms. The van der Waals surface area contributed by atoms with Gasteiger partial charge in [0.05, 0.1) is 37.2 Å². The summed E-state index contributed by atoms with van der Waals surface area (Å²) in [4.78, 5) is 3.16. The van der Waals surface area contributed by atoms with Crippen molar-refractivity contribution in [3.05, 3.63) is 37.2 Å². The maximum atomic E-state index is 5.22. The summed E-state index contributed by atoms with van der Waals surface area (Å²) in [6.07, 6.45) is 8.68. The molecule has 0 aliphatic heterocycles. The van der Waals surface area contributed by atoms with E-state index in [2.05, 4.69) is 30.9 Å². The molecule has 3 aromatic rings. The van der Waals surface area contributed by atoms with Crippen molar-refractivity contribution in [2.45, 2.75) is 0 Å². The first-order valence-corrected chi connectivity index (χ1v) is 5.00. The monoisotopic (exact) mass is 303 g/mol. The summed E-state index contributed by atoms with van der Waals surface area (Å²) in [6.45, 7) is 0. The molecular weight excluding hydrogens is 296 g/mol. The predicted octanol–water partition coefficient (Wildman–Crippen LogP) is -5.75. The van der Waals surface area contributed by atoms with E-state index in [1.807, 2.05) is 0 Å². The third kappa shape index (κ3) is 4.01. The minimum Gasteiger partial charge on any atom is -1.00 e. The standard InChI is InChI=1S/C6H6BN9O3.K.H/c1-4-14(11-8-1)17-7(18-15-5-2-9-12-15)19-16-6-3-10-13-16;;/h1-6H;;/q;+1;-1. The Kier molecular flexibility index (Phi) is 5.48. The molecule has 0 fully saturated rings. The van der Waals surface area contributed by atoms with E-state index in [0.717, 1.165) is 14.5 Å². The maximum absolute atomic E-state index is 5.22. The van der Waals surface area contributed by atoms with Crippen LogP contribution in [-0.2, 0) is 0 Å². The van der Waals surface area contributed by atoms with Crippen LogP contribution in [0.2, 0.25) is 0 Å². The summed E-state index contributed by atoms with van der Waals surface area (Å²) in [5, 5.41) is 21.6. The van der Waals surface area contributed by atoms with E-state index in [0.29, 0.717) is 0 Å². The minimum absolute atomic E-state index is 0. The van der Waals surface area contributed by atoms with Crippen molar-refractivity contribution in [1.82, 2.24) is 45.5 Å². The van der Waals surface area contributed by atoms with Gasteiger partial charge in [0.1, 0.15) is 0 Å². The second-order valence-corrected chi connectivity index (χ2v) is 3.02. The smallest absolute Gasteiger partial charge is 1.00 e. The average Bonchev–Trinajstić information content (AvgIpc) is 3.10. The molecule has 3 rings (SSSR count). The van der Waals surface area contributed by atoms with Gasteiger partial charge < -0.3 is 15.7 Å². The molecule has 3 heterocycles. The van der Waals surface area contributed by atoms with Crippen LogP contribution in [-0.4, -0.2) is 52.8 Å². The molecule has 0 radical (unpaired) electrons. The van der Waals surface area contributed by atoms with Gasteiger partial charge in [-0.15, -0.1) is 15.3 Å². The van der Waals surface area contributed by atoms with E-state index in [9.17, 15) is 0 Å². The summed E-state index contributed by atoms with van der Waals surface area (Å²) >= 11 is 0. The topological polar surface area (TPSA) is 120 Å². The van der Waals surface area contributed by atoms with Gasteiger partial charge in [-0.3, -0.25) is 0 Å². The first-order valence-electron chi connectivity index (χ1n) is 5.00. The second kappa shape index (κ2) is 7.34. The van der Waals surface area contributed by atoms with Crippen molar-refractivity contribution < 1.29 is 67.1 Å². The van der Waals surface area contributed by atoms with Crippen LogP contribution in [0, 0.1) is 0 Å². The van der Waals surface area contributed by atoms with Crippen molar-refractivity contribution in [3.8, 4) is 0 Å². The first-order chi connectivity index (χ1) is 9.40. The fourth-order valence-electron chi connectivity index (χ4n) is 1.08. The number of hydrogen-bond acceptors (Lipinski definition) is 9. The minimum atomic E-state index is -1.23. The van der Waals surface area contributed by atoms with E-state index in [4.69, 9.17) is 14.3 Å². The van der Waals surface area contributed by atoms with Crippen molar-refractivity contribution in [2.75, 3.05) is 0 Å². The van der Waals surface area contributed by atoms with Crippen molar-refractivity contribution in [2.24, 2.45) is 0 Å². The van der Waals surface area contributed by atoms with E-state index in [1.54, 1.807) is 0 Å². The Hall–Kier alpha value is -1.48. The molecule has 0 saturated carbocycles. The van der Waals surface area contributed by atoms with Gasteiger partial charge >= 0.3 is 58.7 Å². The Morgan fingerprint density at radius 3 is 1.30 bits per heavy atom. The number of nitrogens with zero attached hydrogens (tertiary/aromatic N) is 9. The maximum Gasteiger partial charge on any atom is 1.00 e. The Balaban J connectivity index is 0.00000110. The third-order valence-electron chi connectivity index (χ3n) is 1.78. The van der Waals surface area contributed by atoms with Crippen LogP contribution in [0.25, 0.3) is 0 Å². The van der Waals surface area contributed by atoms with Gasteiger partial charge in [-0.05, 0) is 15.6 Å². The molecule has 0 amide bonds. The van der Waals surface area contributed by atoms with E-state index in [-0.39, 0.29) is 52.8 Å². The van der Waals surface area contributed by atoms with Crippen molar-refractivity contribution in [3.63, 3.8) is 0 Å². The Morgan fingerprint density at radius 1 is 0.700 bits per heavy atom. The molecule has 0 atom stereocenters. The summed E-state index contributed by atoms with van der Waals surface area (Å²) in [6, 6.07) is 0. The van der Waals surface area contributed by atoms with Gasteiger partial charge in [0.15, 0.2) is 0 Å². The summed E-state index contributed by atoms with van der Waals surface area (Å²) in [5.41, 5.74) is 0. The van der Waals surface area contributed by atoms with Gasteiger partial charge in [-0.1, -0.05) is 14.5 Å². The molecule has 0 bridgehead atoms. The SMILES string of the molecule is [H-].[K+].c1cn(OB(On2ccnn2)On2ccnn2)nn1. The van der Waals surface area contributed by atoms with Gasteiger partial charge in [-0.25, -0.2) is 0 Å². The van der Waals surface area contributed by atoms with Crippen molar-refractivity contribution >= 4 is 7.32 Å². The molecule has 98 valence electrons. The molecular formula is C6H7BKN9O3. The predicted molar refractivity (Wildman–Crippen MR) is 56.7 cm³/mol. The molecule has 12 nitrogen and oxygen atoms in total. The molecule has 3 aromatic heterocycles. The zero-order chi connectivity index (χ0) is 12.9. The zero-order valence-corrected chi connectivity index (χ0v) is 13.4. The Labute approximate surface area is 155 Å². The summed E-state index contributed by atoms with van der Waals surface area (Å²) in [5.74, 6) is 0. The third-order valence-corrected chi connectivity index (χ3v) is 1.78.